The van der Waals surface area contributed by atoms with E-state index in [0.717, 1.165) is 5.56 Å². The first kappa shape index (κ1) is 16.3. The summed E-state index contributed by atoms with van der Waals surface area (Å²) in [6.07, 6.45) is 2.17. The second-order valence-electron chi connectivity index (χ2n) is 6.18. The zero-order valence-corrected chi connectivity index (χ0v) is 14.0. The molecule has 4 nitrogen and oxygen atoms in total. The lowest BCUT2D eigenvalue weighted by molar-refractivity contribution is 0.0883. The van der Waals surface area contributed by atoms with E-state index < -0.39 is 5.54 Å². The molecule has 5 heteroatoms. The Kier molecular flexibility index (Phi) is 4.13. The molecule has 0 bridgehead atoms. The molecule has 1 amide bonds. The summed E-state index contributed by atoms with van der Waals surface area (Å²) in [5.41, 5.74) is 1.07. The number of rotatable bonds is 3. The minimum Gasteiger partial charge on any atom is -0.491 e. The molecule has 2 aromatic carbocycles. The molecule has 1 aliphatic rings. The first-order valence-corrected chi connectivity index (χ1v) is 8.41. The maximum atomic E-state index is 13.5. The lowest BCUT2D eigenvalue weighted by Crippen LogP contribution is -2.50. The van der Waals surface area contributed by atoms with Gasteiger partial charge in [0.15, 0.2) is 0 Å². The van der Waals surface area contributed by atoms with Crippen molar-refractivity contribution in [1.82, 2.24) is 10.3 Å². The largest absolute Gasteiger partial charge is 0.491 e. The summed E-state index contributed by atoms with van der Waals surface area (Å²) in [4.78, 5) is 17.4. The monoisotopic (exact) mass is 348 g/mol. The SMILES string of the molecule is O=C(N[C@]1(c2ccc(F)cc2)CCOc2cccnc21)c1ccccc1. The summed E-state index contributed by atoms with van der Waals surface area (Å²) >= 11 is 0. The number of carbonyl (C=O) groups is 1. The van der Waals surface area contributed by atoms with Gasteiger partial charge in [-0.1, -0.05) is 30.3 Å². The van der Waals surface area contributed by atoms with E-state index in [0.29, 0.717) is 30.0 Å². The van der Waals surface area contributed by atoms with Crippen LogP contribution in [0, 0.1) is 5.82 Å². The van der Waals surface area contributed by atoms with Crippen LogP contribution in [0.3, 0.4) is 0 Å². The van der Waals surface area contributed by atoms with Crippen molar-refractivity contribution in [1.29, 1.82) is 0 Å². The second kappa shape index (κ2) is 6.59. The maximum Gasteiger partial charge on any atom is 0.252 e. The normalized spacial score (nSPS) is 18.5. The fraction of sp³-hybridized carbons (Fsp3) is 0.143. The topological polar surface area (TPSA) is 51.2 Å². The molecule has 0 aliphatic carbocycles. The van der Waals surface area contributed by atoms with E-state index >= 15 is 0 Å². The van der Waals surface area contributed by atoms with E-state index in [1.54, 1.807) is 36.5 Å². The summed E-state index contributed by atoms with van der Waals surface area (Å²) in [6, 6.07) is 18.8. The van der Waals surface area contributed by atoms with Gasteiger partial charge in [0, 0.05) is 18.2 Å². The Morgan fingerprint density at radius 2 is 1.81 bits per heavy atom. The molecule has 0 saturated carbocycles. The van der Waals surface area contributed by atoms with E-state index in [2.05, 4.69) is 10.3 Å². The van der Waals surface area contributed by atoms with Crippen LogP contribution in [-0.2, 0) is 5.54 Å². The molecule has 2 heterocycles. The number of hydrogen-bond acceptors (Lipinski definition) is 3. The van der Waals surface area contributed by atoms with E-state index in [-0.39, 0.29) is 11.7 Å². The minimum absolute atomic E-state index is 0.214. The van der Waals surface area contributed by atoms with Gasteiger partial charge >= 0.3 is 0 Å². The number of halogens is 1. The van der Waals surface area contributed by atoms with Gasteiger partial charge in [-0.25, -0.2) is 4.39 Å². The van der Waals surface area contributed by atoms with Crippen LogP contribution in [0.25, 0.3) is 0 Å². The van der Waals surface area contributed by atoms with Crippen molar-refractivity contribution in [3.05, 3.63) is 95.6 Å². The summed E-state index contributed by atoms with van der Waals surface area (Å²) in [6.45, 7) is 0.422. The molecule has 0 fully saturated rings. The van der Waals surface area contributed by atoms with Crippen molar-refractivity contribution < 1.29 is 13.9 Å². The van der Waals surface area contributed by atoms with Crippen LogP contribution in [0.4, 0.5) is 4.39 Å². The maximum absolute atomic E-state index is 13.5. The summed E-state index contributed by atoms with van der Waals surface area (Å²) in [7, 11) is 0. The van der Waals surface area contributed by atoms with Gasteiger partial charge in [0.1, 0.15) is 22.8 Å². The van der Waals surface area contributed by atoms with Gasteiger partial charge in [0.2, 0.25) is 0 Å². The van der Waals surface area contributed by atoms with E-state index in [9.17, 15) is 9.18 Å². The van der Waals surface area contributed by atoms with E-state index in [1.165, 1.54) is 12.1 Å². The van der Waals surface area contributed by atoms with Crippen molar-refractivity contribution in [2.75, 3.05) is 6.61 Å². The zero-order valence-electron chi connectivity index (χ0n) is 14.0. The smallest absolute Gasteiger partial charge is 0.252 e. The highest BCUT2D eigenvalue weighted by molar-refractivity contribution is 5.95. The Morgan fingerprint density at radius 3 is 2.58 bits per heavy atom. The first-order chi connectivity index (χ1) is 12.7. The predicted octanol–water partition coefficient (Wildman–Crippen LogP) is 3.68. The Morgan fingerprint density at radius 1 is 1.04 bits per heavy atom. The zero-order chi connectivity index (χ0) is 18.0. The number of hydrogen-bond donors (Lipinski definition) is 1. The highest BCUT2D eigenvalue weighted by atomic mass is 19.1. The van der Waals surface area contributed by atoms with Crippen molar-refractivity contribution in [2.24, 2.45) is 0 Å². The molecule has 0 spiro atoms. The van der Waals surface area contributed by atoms with E-state index in [4.69, 9.17) is 4.74 Å². The lowest BCUT2D eigenvalue weighted by atomic mass is 9.81. The average Bonchev–Trinajstić information content (AvgIpc) is 2.69. The summed E-state index contributed by atoms with van der Waals surface area (Å²) in [5.74, 6) is 0.0801. The number of benzene rings is 2. The Hall–Kier alpha value is -3.21. The summed E-state index contributed by atoms with van der Waals surface area (Å²) in [5, 5.41) is 3.14. The minimum atomic E-state index is -0.879. The Bertz CT molecular complexity index is 928. The van der Waals surface area contributed by atoms with Crippen LogP contribution in [0.5, 0.6) is 5.75 Å². The van der Waals surface area contributed by atoms with Crippen LogP contribution in [0.1, 0.15) is 28.0 Å². The number of amides is 1. The third-order valence-electron chi connectivity index (χ3n) is 4.61. The van der Waals surface area contributed by atoms with Crippen molar-refractivity contribution >= 4 is 5.91 Å². The van der Waals surface area contributed by atoms with Crippen LogP contribution in [-0.4, -0.2) is 17.5 Å². The highest BCUT2D eigenvalue weighted by Crippen LogP contribution is 2.40. The third kappa shape index (κ3) is 2.81. The number of carbonyl (C=O) groups excluding carboxylic acids is 1. The van der Waals surface area contributed by atoms with Gasteiger partial charge in [-0.15, -0.1) is 0 Å². The van der Waals surface area contributed by atoms with Gasteiger partial charge in [-0.05, 0) is 42.0 Å². The average molecular weight is 348 g/mol. The van der Waals surface area contributed by atoms with E-state index in [1.807, 2.05) is 24.3 Å². The van der Waals surface area contributed by atoms with Crippen molar-refractivity contribution in [3.8, 4) is 5.75 Å². The molecule has 1 atom stereocenters. The van der Waals surface area contributed by atoms with Gasteiger partial charge in [-0.2, -0.15) is 0 Å². The standard InChI is InChI=1S/C21H17FN2O2/c22-17-10-8-16(9-11-17)21(24-20(25)15-5-2-1-3-6-15)12-14-26-18-7-4-13-23-19(18)21/h1-11,13H,12,14H2,(H,24,25)/t21-/m0/s1. The second-order valence-corrected chi connectivity index (χ2v) is 6.18. The van der Waals surface area contributed by atoms with Crippen molar-refractivity contribution in [2.45, 2.75) is 12.0 Å². The highest BCUT2D eigenvalue weighted by Gasteiger charge is 2.42. The van der Waals surface area contributed by atoms with Gasteiger partial charge in [0.05, 0.1) is 6.61 Å². The van der Waals surface area contributed by atoms with Crippen molar-refractivity contribution in [3.63, 3.8) is 0 Å². The molecule has 3 aromatic rings. The molecule has 4 rings (SSSR count). The lowest BCUT2D eigenvalue weighted by Gasteiger charge is -2.39. The van der Waals surface area contributed by atoms with Gasteiger partial charge in [0.25, 0.3) is 5.91 Å². The molecule has 0 unspecified atom stereocenters. The number of fused-ring (bicyclic) bond motifs is 1. The number of nitrogens with zero attached hydrogens (tertiary/aromatic N) is 1. The predicted molar refractivity (Wildman–Crippen MR) is 95.4 cm³/mol. The molecule has 130 valence electrons. The molecule has 0 saturated heterocycles. The van der Waals surface area contributed by atoms with Crippen LogP contribution in [0.15, 0.2) is 72.9 Å². The van der Waals surface area contributed by atoms with Crippen LogP contribution in [0.2, 0.25) is 0 Å². The number of ether oxygens (including phenoxy) is 1. The molecule has 26 heavy (non-hydrogen) atoms. The molecular formula is C21H17FN2O2. The third-order valence-corrected chi connectivity index (χ3v) is 4.61. The van der Waals surface area contributed by atoms with Crippen LogP contribution < -0.4 is 10.1 Å². The molecule has 1 aromatic heterocycles. The molecular weight excluding hydrogens is 331 g/mol. The first-order valence-electron chi connectivity index (χ1n) is 8.41. The summed E-state index contributed by atoms with van der Waals surface area (Å²) < 4.78 is 19.2. The fourth-order valence-electron chi connectivity index (χ4n) is 3.32. The Labute approximate surface area is 150 Å². The van der Waals surface area contributed by atoms with Gasteiger partial charge < -0.3 is 10.1 Å². The number of nitrogens with one attached hydrogen (secondary N) is 1. The number of aromatic nitrogens is 1. The number of pyridine rings is 1. The quantitative estimate of drug-likeness (QED) is 0.786. The molecule has 0 radical (unpaired) electrons. The van der Waals surface area contributed by atoms with Crippen LogP contribution >= 0.6 is 0 Å². The fourth-order valence-corrected chi connectivity index (χ4v) is 3.32. The molecule has 1 N–H and O–H groups in total. The molecule has 1 aliphatic heterocycles. The Balaban J connectivity index is 1.83. The van der Waals surface area contributed by atoms with Gasteiger partial charge in [-0.3, -0.25) is 9.78 Å².